The van der Waals surface area contributed by atoms with Crippen LogP contribution in [0.1, 0.15) is 36.4 Å². The van der Waals surface area contributed by atoms with Crippen molar-refractivity contribution in [2.45, 2.75) is 32.2 Å². The molecule has 1 amide bonds. The lowest BCUT2D eigenvalue weighted by Crippen LogP contribution is -2.49. The maximum absolute atomic E-state index is 11.6. The maximum Gasteiger partial charge on any atom is 0.261 e. The molecule has 1 rings (SSSR count). The summed E-state index contributed by atoms with van der Waals surface area (Å²) >= 11 is 1.44. The normalized spacial score (nSPS) is 10.7. The van der Waals surface area contributed by atoms with Gasteiger partial charge in [0.25, 0.3) is 5.91 Å². The predicted molar refractivity (Wildman–Crippen MR) is 71.4 cm³/mol. The molecule has 5 heteroatoms. The minimum absolute atomic E-state index is 0. The van der Waals surface area contributed by atoms with Crippen molar-refractivity contribution in [2.24, 2.45) is 5.73 Å². The number of amides is 1. The first-order valence-corrected chi connectivity index (χ1v) is 6.10. The van der Waals surface area contributed by atoms with Gasteiger partial charge >= 0.3 is 0 Å². The lowest BCUT2D eigenvalue weighted by molar-refractivity contribution is 0.0946. The topological polar surface area (TPSA) is 55.1 Å². The third-order valence-electron chi connectivity index (χ3n) is 2.75. The molecular formula is C11H19ClN2OS. The summed E-state index contributed by atoms with van der Waals surface area (Å²) in [6, 6.07) is 3.69. The Kier molecular flexibility index (Phi) is 6.64. The van der Waals surface area contributed by atoms with E-state index in [-0.39, 0.29) is 23.9 Å². The van der Waals surface area contributed by atoms with E-state index in [0.29, 0.717) is 6.54 Å². The number of hydrogen-bond acceptors (Lipinski definition) is 3. The molecule has 0 aliphatic carbocycles. The number of thiophene rings is 1. The van der Waals surface area contributed by atoms with E-state index < -0.39 is 0 Å². The molecule has 0 saturated heterocycles. The molecule has 0 fully saturated rings. The molecule has 0 aliphatic heterocycles. The van der Waals surface area contributed by atoms with Gasteiger partial charge in [0.15, 0.2) is 0 Å². The summed E-state index contributed by atoms with van der Waals surface area (Å²) in [6.07, 6.45) is 1.74. The summed E-state index contributed by atoms with van der Waals surface area (Å²) in [4.78, 5) is 12.4. The summed E-state index contributed by atoms with van der Waals surface area (Å²) < 4.78 is 0. The van der Waals surface area contributed by atoms with Gasteiger partial charge in [-0.25, -0.2) is 0 Å². The van der Waals surface area contributed by atoms with Crippen LogP contribution in [0, 0.1) is 0 Å². The van der Waals surface area contributed by atoms with Gasteiger partial charge in [0, 0.05) is 12.1 Å². The van der Waals surface area contributed by atoms with Crippen molar-refractivity contribution in [1.82, 2.24) is 5.32 Å². The number of carbonyl (C=O) groups is 1. The number of nitrogens with one attached hydrogen (secondary N) is 1. The smallest absolute Gasteiger partial charge is 0.261 e. The molecule has 0 aliphatic rings. The van der Waals surface area contributed by atoms with Gasteiger partial charge in [-0.3, -0.25) is 4.79 Å². The molecule has 0 radical (unpaired) electrons. The molecule has 0 atom stereocenters. The third-order valence-corrected chi connectivity index (χ3v) is 3.62. The Bertz CT molecular complexity index is 310. The van der Waals surface area contributed by atoms with Crippen LogP contribution in [0.15, 0.2) is 17.5 Å². The summed E-state index contributed by atoms with van der Waals surface area (Å²) in [6.45, 7) is 4.62. The van der Waals surface area contributed by atoms with Gasteiger partial charge in [-0.05, 0) is 24.3 Å². The molecule has 16 heavy (non-hydrogen) atoms. The molecule has 0 aromatic carbocycles. The molecule has 92 valence electrons. The van der Waals surface area contributed by atoms with Crippen molar-refractivity contribution in [1.29, 1.82) is 0 Å². The quantitative estimate of drug-likeness (QED) is 0.856. The Morgan fingerprint density at radius 1 is 1.50 bits per heavy atom. The van der Waals surface area contributed by atoms with Crippen LogP contribution in [-0.4, -0.2) is 18.0 Å². The fraction of sp³-hybridized carbons (Fsp3) is 0.545. The van der Waals surface area contributed by atoms with Crippen LogP contribution in [0.5, 0.6) is 0 Å². The maximum atomic E-state index is 11.6. The van der Waals surface area contributed by atoms with Gasteiger partial charge in [0.2, 0.25) is 0 Å². The molecule has 1 aromatic heterocycles. The summed E-state index contributed by atoms with van der Waals surface area (Å²) in [5, 5.41) is 4.77. The van der Waals surface area contributed by atoms with E-state index in [0.717, 1.165) is 17.7 Å². The largest absolute Gasteiger partial charge is 0.349 e. The van der Waals surface area contributed by atoms with Crippen molar-refractivity contribution in [3.63, 3.8) is 0 Å². The van der Waals surface area contributed by atoms with Crippen molar-refractivity contribution in [2.75, 3.05) is 6.54 Å². The van der Waals surface area contributed by atoms with Gasteiger partial charge in [-0.15, -0.1) is 23.7 Å². The van der Waals surface area contributed by atoms with E-state index in [4.69, 9.17) is 5.73 Å². The van der Waals surface area contributed by atoms with Crippen molar-refractivity contribution >= 4 is 29.7 Å². The lowest BCUT2D eigenvalue weighted by Gasteiger charge is -2.26. The number of hydrogen-bond donors (Lipinski definition) is 2. The molecule has 1 aromatic rings. The van der Waals surface area contributed by atoms with Crippen LogP contribution in [-0.2, 0) is 0 Å². The van der Waals surface area contributed by atoms with Gasteiger partial charge in [0.1, 0.15) is 0 Å². The molecular weight excluding hydrogens is 244 g/mol. The predicted octanol–water partition coefficient (Wildman–Crippen LogP) is 2.42. The van der Waals surface area contributed by atoms with Crippen LogP contribution in [0.3, 0.4) is 0 Å². The molecule has 0 bridgehead atoms. The summed E-state index contributed by atoms with van der Waals surface area (Å²) in [5.74, 6) is -0.0262. The molecule has 0 unspecified atom stereocenters. The van der Waals surface area contributed by atoms with Crippen LogP contribution in [0.2, 0.25) is 0 Å². The van der Waals surface area contributed by atoms with Crippen molar-refractivity contribution in [3.8, 4) is 0 Å². The van der Waals surface area contributed by atoms with Gasteiger partial charge in [-0.1, -0.05) is 19.9 Å². The fourth-order valence-electron chi connectivity index (χ4n) is 1.25. The number of halogens is 1. The fourth-order valence-corrected chi connectivity index (χ4v) is 1.89. The number of nitrogens with two attached hydrogens (primary N) is 1. The monoisotopic (exact) mass is 262 g/mol. The summed E-state index contributed by atoms with van der Waals surface area (Å²) in [5.41, 5.74) is 5.82. The first kappa shape index (κ1) is 15.4. The molecule has 3 N–H and O–H groups in total. The van der Waals surface area contributed by atoms with Crippen LogP contribution in [0.4, 0.5) is 0 Å². The number of rotatable bonds is 5. The van der Waals surface area contributed by atoms with E-state index >= 15 is 0 Å². The minimum atomic E-state index is -0.271. The third kappa shape index (κ3) is 4.12. The zero-order chi connectivity index (χ0) is 11.3. The molecule has 1 heterocycles. The minimum Gasteiger partial charge on any atom is -0.349 e. The van der Waals surface area contributed by atoms with E-state index in [1.807, 2.05) is 31.4 Å². The van der Waals surface area contributed by atoms with Gasteiger partial charge < -0.3 is 11.1 Å². The Balaban J connectivity index is 0.00000225. The second-order valence-electron chi connectivity index (χ2n) is 3.73. The average molecular weight is 263 g/mol. The lowest BCUT2D eigenvalue weighted by atomic mass is 9.94. The highest BCUT2D eigenvalue weighted by atomic mass is 35.5. The molecule has 3 nitrogen and oxygen atoms in total. The Morgan fingerprint density at radius 2 is 2.12 bits per heavy atom. The Morgan fingerprint density at radius 3 is 2.56 bits per heavy atom. The zero-order valence-corrected chi connectivity index (χ0v) is 11.3. The second kappa shape index (κ2) is 6.89. The zero-order valence-electron chi connectivity index (χ0n) is 9.66. The average Bonchev–Trinajstić information content (AvgIpc) is 2.79. The van der Waals surface area contributed by atoms with E-state index in [9.17, 15) is 4.79 Å². The SMILES string of the molecule is CCC(N)(CC)CNC(=O)c1cccs1.Cl. The highest BCUT2D eigenvalue weighted by Gasteiger charge is 2.21. The highest BCUT2D eigenvalue weighted by Crippen LogP contribution is 2.11. The summed E-state index contributed by atoms with van der Waals surface area (Å²) in [7, 11) is 0. The van der Waals surface area contributed by atoms with Crippen LogP contribution >= 0.6 is 23.7 Å². The second-order valence-corrected chi connectivity index (χ2v) is 4.68. The number of carbonyl (C=O) groups excluding carboxylic acids is 1. The van der Waals surface area contributed by atoms with E-state index in [1.165, 1.54) is 11.3 Å². The Labute approximate surface area is 107 Å². The van der Waals surface area contributed by atoms with Gasteiger partial charge in [0.05, 0.1) is 4.88 Å². The molecule has 0 saturated carbocycles. The van der Waals surface area contributed by atoms with Crippen molar-refractivity contribution in [3.05, 3.63) is 22.4 Å². The first-order valence-electron chi connectivity index (χ1n) is 5.22. The first-order chi connectivity index (χ1) is 7.11. The Hall–Kier alpha value is -0.580. The van der Waals surface area contributed by atoms with Crippen LogP contribution in [0.25, 0.3) is 0 Å². The molecule has 0 spiro atoms. The van der Waals surface area contributed by atoms with E-state index in [2.05, 4.69) is 5.32 Å². The van der Waals surface area contributed by atoms with Crippen LogP contribution < -0.4 is 11.1 Å². The van der Waals surface area contributed by atoms with Gasteiger partial charge in [-0.2, -0.15) is 0 Å². The highest BCUT2D eigenvalue weighted by molar-refractivity contribution is 7.12. The standard InChI is InChI=1S/C11H18N2OS.ClH/c1-3-11(12,4-2)8-13-10(14)9-6-5-7-15-9;/h5-7H,3-4,8,12H2,1-2H3,(H,13,14);1H. The van der Waals surface area contributed by atoms with E-state index in [1.54, 1.807) is 0 Å². The van der Waals surface area contributed by atoms with Crippen molar-refractivity contribution < 1.29 is 4.79 Å².